The molecule has 4 aromatic rings. The van der Waals surface area contributed by atoms with Gasteiger partial charge < -0.3 is 29.7 Å². The first-order valence-electron chi connectivity index (χ1n) is 9.68. The van der Waals surface area contributed by atoms with E-state index in [9.17, 15) is 0 Å². The summed E-state index contributed by atoms with van der Waals surface area (Å²) in [5.41, 5.74) is 7.26. The van der Waals surface area contributed by atoms with Crippen LogP contribution in [0.2, 0.25) is 0 Å². The van der Waals surface area contributed by atoms with Gasteiger partial charge in [-0.25, -0.2) is 0 Å². The molecule has 3 N–H and O–H groups in total. The third-order valence-electron chi connectivity index (χ3n) is 4.38. The molecule has 2 aromatic carbocycles. The van der Waals surface area contributed by atoms with Crippen molar-refractivity contribution in [3.8, 4) is 28.7 Å². The molecule has 33 heavy (non-hydrogen) atoms. The fourth-order valence-electron chi connectivity index (χ4n) is 2.87. The number of nitrogens with two attached hydrogens (primary N) is 1. The van der Waals surface area contributed by atoms with E-state index in [1.54, 1.807) is 39.5 Å². The second kappa shape index (κ2) is 10.0. The molecule has 0 fully saturated rings. The van der Waals surface area contributed by atoms with Crippen LogP contribution in [0.3, 0.4) is 0 Å². The van der Waals surface area contributed by atoms with E-state index in [4.69, 9.17) is 24.4 Å². The number of hydrogen-bond donors (Lipinski definition) is 2. The lowest BCUT2D eigenvalue weighted by molar-refractivity contribution is 0.394. The highest BCUT2D eigenvalue weighted by molar-refractivity contribution is 7.98. The van der Waals surface area contributed by atoms with Crippen LogP contribution in [-0.2, 0) is 5.75 Å². The molecule has 0 bridgehead atoms. The molecule has 4 rings (SSSR count). The maximum absolute atomic E-state index is 5.87. The Morgan fingerprint density at radius 1 is 0.939 bits per heavy atom. The number of para-hydroxylation sites is 2. The number of anilines is 3. The third kappa shape index (κ3) is 5.41. The lowest BCUT2D eigenvalue weighted by atomic mass is 10.2. The van der Waals surface area contributed by atoms with E-state index < -0.39 is 0 Å². The summed E-state index contributed by atoms with van der Waals surface area (Å²) in [6.45, 7) is 0. The van der Waals surface area contributed by atoms with E-state index >= 15 is 0 Å². The zero-order valence-electron chi connectivity index (χ0n) is 18.1. The van der Waals surface area contributed by atoms with Gasteiger partial charge in [0.25, 0.3) is 5.22 Å². The minimum atomic E-state index is 0.0905. The Balaban J connectivity index is 1.48. The van der Waals surface area contributed by atoms with Crippen LogP contribution in [0, 0.1) is 0 Å². The van der Waals surface area contributed by atoms with Crippen molar-refractivity contribution in [3.63, 3.8) is 0 Å². The van der Waals surface area contributed by atoms with E-state index in [0.29, 0.717) is 57.1 Å². The van der Waals surface area contributed by atoms with Crippen LogP contribution in [0.25, 0.3) is 11.5 Å². The van der Waals surface area contributed by atoms with Crippen molar-refractivity contribution in [1.29, 1.82) is 0 Å². The molecule has 0 aliphatic heterocycles. The fraction of sp³-hybridized carbons (Fsp3) is 0.190. The van der Waals surface area contributed by atoms with E-state index in [1.165, 1.54) is 11.8 Å². The quantitative estimate of drug-likeness (QED) is 0.347. The average Bonchev–Trinajstić information content (AvgIpc) is 3.31. The molecular formula is C21H21N7O4S. The number of thioether (sulfide) groups is 1. The summed E-state index contributed by atoms with van der Waals surface area (Å²) in [6.07, 6.45) is 0. The highest BCUT2D eigenvalue weighted by Gasteiger charge is 2.14. The van der Waals surface area contributed by atoms with Gasteiger partial charge in [0.2, 0.25) is 17.8 Å². The largest absolute Gasteiger partial charge is 0.497 e. The number of methoxy groups -OCH3 is 3. The maximum atomic E-state index is 5.87. The van der Waals surface area contributed by atoms with Crippen LogP contribution in [0.1, 0.15) is 5.82 Å². The number of hydrogen-bond acceptors (Lipinski definition) is 12. The molecule has 0 saturated carbocycles. The molecule has 0 saturated heterocycles. The summed E-state index contributed by atoms with van der Waals surface area (Å²) in [6, 6.07) is 12.7. The van der Waals surface area contributed by atoms with Gasteiger partial charge in [-0.1, -0.05) is 23.9 Å². The maximum Gasteiger partial charge on any atom is 0.277 e. The Morgan fingerprint density at radius 2 is 1.70 bits per heavy atom. The van der Waals surface area contributed by atoms with Gasteiger partial charge in [0.15, 0.2) is 0 Å². The van der Waals surface area contributed by atoms with Crippen molar-refractivity contribution in [2.24, 2.45) is 0 Å². The summed E-state index contributed by atoms with van der Waals surface area (Å²) in [5.74, 6) is 3.41. The van der Waals surface area contributed by atoms with Gasteiger partial charge >= 0.3 is 0 Å². The number of benzene rings is 2. The summed E-state index contributed by atoms with van der Waals surface area (Å²) >= 11 is 1.28. The molecule has 2 aromatic heterocycles. The van der Waals surface area contributed by atoms with Gasteiger partial charge in [-0.3, -0.25) is 0 Å². The van der Waals surface area contributed by atoms with Gasteiger partial charge in [0.05, 0.1) is 32.8 Å². The van der Waals surface area contributed by atoms with E-state index in [0.717, 1.165) is 0 Å². The molecule has 0 unspecified atom stereocenters. The van der Waals surface area contributed by atoms with Gasteiger partial charge in [-0.2, -0.15) is 15.0 Å². The van der Waals surface area contributed by atoms with Crippen LogP contribution in [0.4, 0.5) is 17.6 Å². The van der Waals surface area contributed by atoms with Crippen molar-refractivity contribution in [2.75, 3.05) is 32.4 Å². The van der Waals surface area contributed by atoms with Crippen molar-refractivity contribution in [3.05, 3.63) is 48.3 Å². The zero-order chi connectivity index (χ0) is 23.2. The van der Waals surface area contributed by atoms with Crippen LogP contribution in [0.5, 0.6) is 17.2 Å². The predicted molar refractivity (Wildman–Crippen MR) is 123 cm³/mol. The van der Waals surface area contributed by atoms with Crippen LogP contribution >= 0.6 is 11.8 Å². The first-order valence-corrected chi connectivity index (χ1v) is 10.7. The Morgan fingerprint density at radius 3 is 2.42 bits per heavy atom. The SMILES string of the molecule is COc1cc(OC)cc(-c2nnc(SCc3nc(N)nc(Nc4ccccc4OC)n3)o2)c1. The number of nitrogens with one attached hydrogen (secondary N) is 1. The molecule has 0 radical (unpaired) electrons. The van der Waals surface area contributed by atoms with E-state index in [1.807, 2.05) is 24.3 Å². The van der Waals surface area contributed by atoms with E-state index in [2.05, 4.69) is 30.5 Å². The minimum Gasteiger partial charge on any atom is -0.497 e. The topological polar surface area (TPSA) is 143 Å². The number of aromatic nitrogens is 5. The molecule has 0 aliphatic rings. The van der Waals surface area contributed by atoms with Crippen molar-refractivity contribution in [1.82, 2.24) is 25.1 Å². The van der Waals surface area contributed by atoms with Gasteiger partial charge in [0.1, 0.15) is 23.1 Å². The zero-order valence-corrected chi connectivity index (χ0v) is 18.9. The van der Waals surface area contributed by atoms with Gasteiger partial charge in [-0.15, -0.1) is 10.2 Å². The normalized spacial score (nSPS) is 10.6. The van der Waals surface area contributed by atoms with Crippen molar-refractivity contribution in [2.45, 2.75) is 11.0 Å². The molecule has 0 atom stereocenters. The molecule has 0 aliphatic carbocycles. The van der Waals surface area contributed by atoms with Gasteiger partial charge in [-0.05, 0) is 24.3 Å². The second-order valence-electron chi connectivity index (χ2n) is 6.52. The molecule has 11 nitrogen and oxygen atoms in total. The predicted octanol–water partition coefficient (Wildman–Crippen LogP) is 3.57. The molecule has 12 heteroatoms. The molecular weight excluding hydrogens is 446 g/mol. The third-order valence-corrected chi connectivity index (χ3v) is 5.20. The fourth-order valence-corrected chi connectivity index (χ4v) is 3.49. The monoisotopic (exact) mass is 467 g/mol. The molecule has 170 valence electrons. The summed E-state index contributed by atoms with van der Waals surface area (Å²) in [5, 5.41) is 11.6. The molecule has 0 amide bonds. The smallest absolute Gasteiger partial charge is 0.277 e. The first-order chi connectivity index (χ1) is 16.1. The Bertz CT molecular complexity index is 1230. The van der Waals surface area contributed by atoms with E-state index in [-0.39, 0.29) is 5.95 Å². The number of rotatable bonds is 9. The lowest BCUT2D eigenvalue weighted by Crippen LogP contribution is -2.07. The number of nitrogens with zero attached hydrogens (tertiary/aromatic N) is 5. The van der Waals surface area contributed by atoms with Crippen LogP contribution in [0.15, 0.2) is 52.1 Å². The van der Waals surface area contributed by atoms with Crippen LogP contribution < -0.4 is 25.3 Å². The minimum absolute atomic E-state index is 0.0905. The van der Waals surface area contributed by atoms with Crippen molar-refractivity contribution < 1.29 is 18.6 Å². The molecule has 0 spiro atoms. The Kier molecular flexibility index (Phi) is 6.74. The summed E-state index contributed by atoms with van der Waals surface area (Å²) in [7, 11) is 4.74. The molecule has 2 heterocycles. The Labute approximate surface area is 193 Å². The van der Waals surface area contributed by atoms with Gasteiger partial charge in [0, 0.05) is 11.6 Å². The van der Waals surface area contributed by atoms with Crippen molar-refractivity contribution >= 4 is 29.3 Å². The number of nitrogen functional groups attached to an aromatic ring is 1. The highest BCUT2D eigenvalue weighted by atomic mass is 32.2. The number of ether oxygens (including phenoxy) is 3. The summed E-state index contributed by atoms with van der Waals surface area (Å²) < 4.78 is 21.7. The standard InChI is InChI=1S/C21H21N7O4S/c1-29-13-8-12(9-14(10-13)30-2)18-27-28-21(32-18)33-11-17-24-19(22)26-20(25-17)23-15-6-4-5-7-16(15)31-3/h4-10H,11H2,1-3H3,(H3,22,23,24,25,26). The average molecular weight is 468 g/mol. The lowest BCUT2D eigenvalue weighted by Gasteiger charge is -2.10. The summed E-state index contributed by atoms with van der Waals surface area (Å²) in [4.78, 5) is 12.7. The first kappa shape index (κ1) is 22.1. The Hall–Kier alpha value is -4.06. The van der Waals surface area contributed by atoms with Crippen LogP contribution in [-0.4, -0.2) is 46.5 Å². The highest BCUT2D eigenvalue weighted by Crippen LogP contribution is 2.31. The second-order valence-corrected chi connectivity index (χ2v) is 7.45.